The third-order valence-electron chi connectivity index (χ3n) is 2.24. The molecule has 0 saturated heterocycles. The summed E-state index contributed by atoms with van der Waals surface area (Å²) in [6.45, 7) is 0. The van der Waals surface area contributed by atoms with Crippen LogP contribution in [0.1, 0.15) is 0 Å². The second kappa shape index (κ2) is 4.41. The molecule has 0 aliphatic rings. The lowest BCUT2D eigenvalue weighted by Crippen LogP contribution is -1.98. The first-order valence-corrected chi connectivity index (χ1v) is 5.11. The van der Waals surface area contributed by atoms with E-state index in [0.29, 0.717) is 10.8 Å². The Hall–Kier alpha value is -1.74. The van der Waals surface area contributed by atoms with E-state index < -0.39 is 0 Å². The minimum Gasteiger partial charge on any atom is -0.495 e. The summed E-state index contributed by atoms with van der Waals surface area (Å²) in [5.41, 5.74) is 1.54. The molecular weight excluding hydrogens is 226 g/mol. The van der Waals surface area contributed by atoms with Crippen LogP contribution in [0, 0.1) is 0 Å². The molecule has 0 radical (unpaired) electrons. The van der Waals surface area contributed by atoms with Crippen LogP contribution in [-0.2, 0) is 0 Å². The second-order valence-electron chi connectivity index (χ2n) is 3.29. The van der Waals surface area contributed by atoms with Crippen molar-refractivity contribution in [1.82, 2.24) is 4.98 Å². The summed E-state index contributed by atoms with van der Waals surface area (Å²) in [6.07, 6.45) is 1.61. The molecule has 0 aliphatic heterocycles. The number of aromatic nitrogens is 1. The van der Waals surface area contributed by atoms with Crippen LogP contribution < -0.4 is 10.2 Å². The van der Waals surface area contributed by atoms with Gasteiger partial charge in [-0.1, -0.05) is 11.6 Å². The average Bonchev–Trinajstić information content (AvgIpc) is 2.29. The number of nitrogens with one attached hydrogen (secondary N) is 1. The van der Waals surface area contributed by atoms with Crippen molar-refractivity contribution in [2.75, 3.05) is 7.11 Å². The maximum atomic E-state index is 11.2. The van der Waals surface area contributed by atoms with E-state index in [1.807, 2.05) is 6.07 Å². The molecule has 1 aromatic carbocycles. The van der Waals surface area contributed by atoms with Gasteiger partial charge in [0.1, 0.15) is 5.75 Å². The van der Waals surface area contributed by atoms with Gasteiger partial charge in [0.15, 0.2) is 5.43 Å². The second-order valence-corrected chi connectivity index (χ2v) is 3.69. The van der Waals surface area contributed by atoms with E-state index in [9.17, 15) is 4.79 Å². The molecule has 0 spiro atoms. The van der Waals surface area contributed by atoms with Crippen LogP contribution in [-0.4, -0.2) is 12.1 Å². The molecule has 0 aliphatic carbocycles. The van der Waals surface area contributed by atoms with Gasteiger partial charge in [-0.2, -0.15) is 0 Å². The number of halogens is 1. The highest BCUT2D eigenvalue weighted by Gasteiger charge is 2.04. The van der Waals surface area contributed by atoms with Crippen LogP contribution in [0.5, 0.6) is 5.75 Å². The number of benzene rings is 1. The topological polar surface area (TPSA) is 42.1 Å². The Morgan fingerprint density at radius 3 is 2.69 bits per heavy atom. The maximum absolute atomic E-state index is 11.2. The molecule has 0 amide bonds. The first-order valence-electron chi connectivity index (χ1n) is 4.73. The Morgan fingerprint density at radius 2 is 2.06 bits per heavy atom. The molecule has 0 fully saturated rings. The number of pyridine rings is 1. The van der Waals surface area contributed by atoms with Gasteiger partial charge in [0, 0.05) is 24.0 Å². The summed E-state index contributed by atoms with van der Waals surface area (Å²) >= 11 is 6.00. The van der Waals surface area contributed by atoms with Crippen molar-refractivity contribution in [3.05, 3.63) is 51.8 Å². The normalized spacial score (nSPS) is 10.1. The Bertz CT molecular complexity index is 563. The molecular formula is C12H10ClNO2. The van der Waals surface area contributed by atoms with Crippen molar-refractivity contribution in [3.8, 4) is 17.0 Å². The predicted molar refractivity (Wildman–Crippen MR) is 64.1 cm³/mol. The van der Waals surface area contributed by atoms with Crippen LogP contribution in [0.3, 0.4) is 0 Å². The highest BCUT2D eigenvalue weighted by Crippen LogP contribution is 2.28. The zero-order valence-corrected chi connectivity index (χ0v) is 9.41. The molecule has 0 bridgehead atoms. The third kappa shape index (κ3) is 2.09. The van der Waals surface area contributed by atoms with E-state index in [1.165, 1.54) is 12.1 Å². The molecule has 2 aromatic rings. The number of hydrogen-bond acceptors (Lipinski definition) is 2. The summed E-state index contributed by atoms with van der Waals surface area (Å²) in [7, 11) is 1.56. The summed E-state index contributed by atoms with van der Waals surface area (Å²) in [5.74, 6) is 0.615. The van der Waals surface area contributed by atoms with Crippen LogP contribution in [0.4, 0.5) is 0 Å². The van der Waals surface area contributed by atoms with Crippen molar-refractivity contribution in [2.24, 2.45) is 0 Å². The van der Waals surface area contributed by atoms with E-state index >= 15 is 0 Å². The molecule has 2 rings (SSSR count). The number of methoxy groups -OCH3 is 1. The zero-order valence-electron chi connectivity index (χ0n) is 8.66. The largest absolute Gasteiger partial charge is 0.495 e. The summed E-state index contributed by atoms with van der Waals surface area (Å²) in [4.78, 5) is 14.2. The minimum absolute atomic E-state index is 0.0410. The molecule has 3 nitrogen and oxygen atoms in total. The zero-order chi connectivity index (χ0) is 11.5. The molecule has 1 aromatic heterocycles. The van der Waals surface area contributed by atoms with Gasteiger partial charge in [-0.05, 0) is 23.8 Å². The molecule has 1 N–H and O–H groups in total. The number of aromatic amines is 1. The Balaban J connectivity index is 2.49. The SMILES string of the molecule is COc1ccc(-c2cc(=O)cc[nH]2)cc1Cl. The third-order valence-corrected chi connectivity index (χ3v) is 2.53. The van der Waals surface area contributed by atoms with Gasteiger partial charge in [-0.3, -0.25) is 4.79 Å². The predicted octanol–water partition coefficient (Wildman–Crippen LogP) is 2.70. The molecule has 0 atom stereocenters. The van der Waals surface area contributed by atoms with Gasteiger partial charge >= 0.3 is 0 Å². The first-order chi connectivity index (χ1) is 7.70. The number of hydrogen-bond donors (Lipinski definition) is 1. The van der Waals surface area contributed by atoms with Crippen LogP contribution in [0.25, 0.3) is 11.3 Å². The Kier molecular flexibility index (Phi) is 2.97. The quantitative estimate of drug-likeness (QED) is 0.870. The van der Waals surface area contributed by atoms with Gasteiger partial charge < -0.3 is 9.72 Å². The van der Waals surface area contributed by atoms with Gasteiger partial charge in [0.25, 0.3) is 0 Å². The molecule has 1 heterocycles. The summed E-state index contributed by atoms with van der Waals surface area (Å²) in [6, 6.07) is 8.36. The average molecular weight is 236 g/mol. The van der Waals surface area contributed by atoms with Gasteiger partial charge in [0.2, 0.25) is 0 Å². The van der Waals surface area contributed by atoms with Crippen LogP contribution in [0.2, 0.25) is 5.02 Å². The number of rotatable bonds is 2. The van der Waals surface area contributed by atoms with Crippen molar-refractivity contribution < 1.29 is 4.74 Å². The van der Waals surface area contributed by atoms with E-state index in [1.54, 1.807) is 25.4 Å². The Morgan fingerprint density at radius 1 is 1.25 bits per heavy atom. The minimum atomic E-state index is -0.0410. The van der Waals surface area contributed by atoms with E-state index in [4.69, 9.17) is 16.3 Å². The fraction of sp³-hybridized carbons (Fsp3) is 0.0833. The number of H-pyrrole nitrogens is 1. The fourth-order valence-corrected chi connectivity index (χ4v) is 1.70. The Labute approximate surface area is 97.7 Å². The molecule has 4 heteroatoms. The number of ether oxygens (including phenoxy) is 1. The maximum Gasteiger partial charge on any atom is 0.182 e. The van der Waals surface area contributed by atoms with E-state index in [0.717, 1.165) is 11.3 Å². The van der Waals surface area contributed by atoms with Crippen LogP contribution in [0.15, 0.2) is 41.3 Å². The van der Waals surface area contributed by atoms with E-state index in [2.05, 4.69) is 4.98 Å². The van der Waals surface area contributed by atoms with Gasteiger partial charge in [-0.25, -0.2) is 0 Å². The lowest BCUT2D eigenvalue weighted by molar-refractivity contribution is 0.415. The molecule has 16 heavy (non-hydrogen) atoms. The lowest BCUT2D eigenvalue weighted by Gasteiger charge is -2.05. The van der Waals surface area contributed by atoms with Crippen molar-refractivity contribution in [1.29, 1.82) is 0 Å². The molecule has 82 valence electrons. The lowest BCUT2D eigenvalue weighted by atomic mass is 10.1. The smallest absolute Gasteiger partial charge is 0.182 e. The first kappa shape index (κ1) is 10.8. The van der Waals surface area contributed by atoms with Gasteiger partial charge in [0.05, 0.1) is 12.1 Å². The van der Waals surface area contributed by atoms with E-state index in [-0.39, 0.29) is 5.43 Å². The summed E-state index contributed by atoms with van der Waals surface area (Å²) < 4.78 is 5.06. The van der Waals surface area contributed by atoms with Crippen molar-refractivity contribution in [2.45, 2.75) is 0 Å². The van der Waals surface area contributed by atoms with Crippen molar-refractivity contribution in [3.63, 3.8) is 0 Å². The van der Waals surface area contributed by atoms with Gasteiger partial charge in [-0.15, -0.1) is 0 Å². The molecule has 0 saturated carbocycles. The standard InChI is InChI=1S/C12H10ClNO2/c1-16-12-3-2-8(6-10(12)13)11-7-9(15)4-5-14-11/h2-7H,1H3,(H,14,15). The van der Waals surface area contributed by atoms with Crippen molar-refractivity contribution >= 4 is 11.6 Å². The molecule has 0 unspecified atom stereocenters. The monoisotopic (exact) mass is 235 g/mol. The fourth-order valence-electron chi connectivity index (χ4n) is 1.45. The summed E-state index contributed by atoms with van der Waals surface area (Å²) in [5, 5.41) is 0.518. The highest BCUT2D eigenvalue weighted by molar-refractivity contribution is 6.32. The van der Waals surface area contributed by atoms with Crippen LogP contribution >= 0.6 is 11.6 Å². The highest BCUT2D eigenvalue weighted by atomic mass is 35.5.